The highest BCUT2D eigenvalue weighted by atomic mass is 35.5. The van der Waals surface area contributed by atoms with Crippen LogP contribution in [0, 0.1) is 0 Å². The van der Waals surface area contributed by atoms with Crippen LogP contribution in [-0.4, -0.2) is 38.7 Å². The van der Waals surface area contributed by atoms with E-state index in [4.69, 9.17) is 21.1 Å². The van der Waals surface area contributed by atoms with Crippen LogP contribution in [0.2, 0.25) is 5.02 Å². The Morgan fingerprint density at radius 2 is 1.82 bits per heavy atom. The van der Waals surface area contributed by atoms with Crippen LogP contribution < -0.4 is 15.0 Å². The first-order valence-corrected chi connectivity index (χ1v) is 9.56. The van der Waals surface area contributed by atoms with Crippen molar-refractivity contribution in [1.29, 1.82) is 0 Å². The quantitative estimate of drug-likeness (QED) is 0.715. The minimum atomic E-state index is -0.528. The summed E-state index contributed by atoms with van der Waals surface area (Å²) < 4.78 is 10.3. The maximum Gasteiger partial charge on any atom is 0.310 e. The van der Waals surface area contributed by atoms with Gasteiger partial charge >= 0.3 is 5.97 Å². The van der Waals surface area contributed by atoms with Gasteiger partial charge in [0.05, 0.1) is 13.5 Å². The number of methoxy groups -OCH3 is 1. The summed E-state index contributed by atoms with van der Waals surface area (Å²) in [4.78, 5) is 26.4. The van der Waals surface area contributed by atoms with Crippen LogP contribution in [0.25, 0.3) is 0 Å². The molecule has 1 N–H and O–H groups in total. The summed E-state index contributed by atoms with van der Waals surface area (Å²) in [7, 11) is 1.51. The first-order chi connectivity index (χ1) is 13.5. The Bertz CT molecular complexity index is 833. The lowest BCUT2D eigenvalue weighted by Gasteiger charge is -2.17. The molecule has 7 heteroatoms. The van der Waals surface area contributed by atoms with E-state index in [1.165, 1.54) is 20.0 Å². The molecular weight excluding hydrogens is 380 g/mol. The molecule has 148 valence electrons. The minimum absolute atomic E-state index is 0.0262. The molecule has 1 amide bonds. The molecule has 1 saturated heterocycles. The number of hydrogen-bond acceptors (Lipinski definition) is 5. The van der Waals surface area contributed by atoms with Crippen LogP contribution in [0.15, 0.2) is 42.5 Å². The molecule has 0 aliphatic carbocycles. The molecule has 1 aliphatic rings. The van der Waals surface area contributed by atoms with Crippen LogP contribution in [0.5, 0.6) is 5.75 Å². The van der Waals surface area contributed by atoms with E-state index in [-0.39, 0.29) is 18.9 Å². The van der Waals surface area contributed by atoms with Gasteiger partial charge in [0, 0.05) is 35.1 Å². The molecule has 1 heterocycles. The molecule has 0 aromatic heterocycles. The van der Waals surface area contributed by atoms with Crippen molar-refractivity contribution in [3.05, 3.63) is 53.1 Å². The standard InChI is InChI=1S/C21H23ClN2O4/c1-27-19-9-4-16(22)12-15(19)13-21(26)28-14-20(25)23-17-5-7-18(8-6-17)24-10-2-3-11-24/h4-9,12H,2-3,10-11,13-14H2,1H3,(H,23,25). The van der Waals surface area contributed by atoms with Gasteiger partial charge in [-0.3, -0.25) is 9.59 Å². The predicted octanol–water partition coefficient (Wildman–Crippen LogP) is 3.67. The second-order valence-corrected chi connectivity index (χ2v) is 7.02. The van der Waals surface area contributed by atoms with Gasteiger partial charge in [0.1, 0.15) is 5.75 Å². The Morgan fingerprint density at radius 1 is 1.11 bits per heavy atom. The smallest absolute Gasteiger partial charge is 0.310 e. The Balaban J connectivity index is 1.47. The fraction of sp³-hybridized carbons (Fsp3) is 0.333. The summed E-state index contributed by atoms with van der Waals surface area (Å²) in [5, 5.41) is 3.23. The average Bonchev–Trinajstić information content (AvgIpc) is 3.22. The largest absolute Gasteiger partial charge is 0.496 e. The van der Waals surface area contributed by atoms with E-state index in [0.717, 1.165) is 18.8 Å². The summed E-state index contributed by atoms with van der Waals surface area (Å²) >= 11 is 5.95. The van der Waals surface area contributed by atoms with Crippen molar-refractivity contribution < 1.29 is 19.1 Å². The lowest BCUT2D eigenvalue weighted by Crippen LogP contribution is -2.22. The van der Waals surface area contributed by atoms with Crippen molar-refractivity contribution in [1.82, 2.24) is 0 Å². The van der Waals surface area contributed by atoms with Gasteiger partial charge < -0.3 is 19.7 Å². The topological polar surface area (TPSA) is 67.9 Å². The van der Waals surface area contributed by atoms with E-state index in [1.807, 2.05) is 24.3 Å². The Hall–Kier alpha value is -2.73. The molecule has 0 unspecified atom stereocenters. The van der Waals surface area contributed by atoms with Gasteiger partial charge in [0.15, 0.2) is 6.61 Å². The van der Waals surface area contributed by atoms with Crippen molar-refractivity contribution in [2.45, 2.75) is 19.3 Å². The maximum absolute atomic E-state index is 12.0. The molecule has 1 aliphatic heterocycles. The summed E-state index contributed by atoms with van der Waals surface area (Å²) in [6.07, 6.45) is 2.40. The van der Waals surface area contributed by atoms with Crippen molar-refractivity contribution in [3.8, 4) is 5.75 Å². The first kappa shape index (κ1) is 20.0. The monoisotopic (exact) mass is 402 g/mol. The van der Waals surface area contributed by atoms with Crippen molar-refractivity contribution in [3.63, 3.8) is 0 Å². The summed E-state index contributed by atoms with van der Waals surface area (Å²) in [5.74, 6) is -0.371. The number of nitrogens with zero attached hydrogens (tertiary/aromatic N) is 1. The highest BCUT2D eigenvalue weighted by Crippen LogP contribution is 2.24. The second kappa shape index (κ2) is 9.46. The lowest BCUT2D eigenvalue weighted by atomic mass is 10.1. The molecule has 1 fully saturated rings. The zero-order valence-corrected chi connectivity index (χ0v) is 16.5. The highest BCUT2D eigenvalue weighted by Gasteiger charge is 2.14. The van der Waals surface area contributed by atoms with Crippen LogP contribution >= 0.6 is 11.6 Å². The number of carbonyl (C=O) groups is 2. The third-order valence-electron chi connectivity index (χ3n) is 4.56. The normalized spacial score (nSPS) is 13.3. The summed E-state index contributed by atoms with van der Waals surface area (Å²) in [6.45, 7) is 1.79. The number of anilines is 2. The minimum Gasteiger partial charge on any atom is -0.496 e. The molecule has 2 aromatic carbocycles. The van der Waals surface area contributed by atoms with Gasteiger partial charge in [0.25, 0.3) is 5.91 Å². The van der Waals surface area contributed by atoms with E-state index in [1.54, 1.807) is 18.2 Å². The number of amides is 1. The van der Waals surface area contributed by atoms with E-state index < -0.39 is 5.97 Å². The average molecular weight is 403 g/mol. The van der Waals surface area contributed by atoms with Gasteiger partial charge in [-0.2, -0.15) is 0 Å². The molecule has 0 atom stereocenters. The van der Waals surface area contributed by atoms with Crippen molar-refractivity contribution in [2.75, 3.05) is 37.0 Å². The molecule has 0 spiro atoms. The number of carbonyl (C=O) groups excluding carboxylic acids is 2. The fourth-order valence-electron chi connectivity index (χ4n) is 3.17. The van der Waals surface area contributed by atoms with E-state index in [2.05, 4.69) is 10.2 Å². The van der Waals surface area contributed by atoms with Crippen molar-refractivity contribution in [2.24, 2.45) is 0 Å². The number of hydrogen-bond donors (Lipinski definition) is 1. The van der Waals surface area contributed by atoms with Crippen LogP contribution in [0.3, 0.4) is 0 Å². The number of ether oxygens (including phenoxy) is 2. The number of rotatable bonds is 7. The zero-order chi connectivity index (χ0) is 19.9. The molecule has 6 nitrogen and oxygen atoms in total. The van der Waals surface area contributed by atoms with E-state index in [0.29, 0.717) is 22.0 Å². The molecule has 28 heavy (non-hydrogen) atoms. The number of nitrogens with one attached hydrogen (secondary N) is 1. The van der Waals surface area contributed by atoms with Crippen LogP contribution in [-0.2, 0) is 20.7 Å². The highest BCUT2D eigenvalue weighted by molar-refractivity contribution is 6.30. The van der Waals surface area contributed by atoms with Crippen LogP contribution in [0.4, 0.5) is 11.4 Å². The van der Waals surface area contributed by atoms with Gasteiger partial charge in [-0.15, -0.1) is 0 Å². The molecule has 0 bridgehead atoms. The van der Waals surface area contributed by atoms with Crippen LogP contribution in [0.1, 0.15) is 18.4 Å². The molecule has 0 saturated carbocycles. The molecule has 3 rings (SSSR count). The Kier molecular flexibility index (Phi) is 6.76. The third kappa shape index (κ3) is 5.39. The number of benzene rings is 2. The Morgan fingerprint density at radius 3 is 2.50 bits per heavy atom. The lowest BCUT2D eigenvalue weighted by molar-refractivity contribution is -0.146. The maximum atomic E-state index is 12.0. The SMILES string of the molecule is COc1ccc(Cl)cc1CC(=O)OCC(=O)Nc1ccc(N2CCCC2)cc1. The van der Waals surface area contributed by atoms with E-state index >= 15 is 0 Å². The second-order valence-electron chi connectivity index (χ2n) is 6.58. The molecule has 2 aromatic rings. The van der Waals surface area contributed by atoms with Gasteiger partial charge in [0.2, 0.25) is 0 Å². The number of halogens is 1. The first-order valence-electron chi connectivity index (χ1n) is 9.18. The van der Waals surface area contributed by atoms with E-state index in [9.17, 15) is 9.59 Å². The summed E-state index contributed by atoms with van der Waals surface area (Å²) in [5.41, 5.74) is 2.43. The molecule has 0 radical (unpaired) electrons. The van der Waals surface area contributed by atoms with Gasteiger partial charge in [-0.1, -0.05) is 11.6 Å². The van der Waals surface area contributed by atoms with Crippen molar-refractivity contribution >= 4 is 34.9 Å². The van der Waals surface area contributed by atoms with Gasteiger partial charge in [-0.05, 0) is 55.3 Å². The Labute approximate surface area is 169 Å². The van der Waals surface area contributed by atoms with Gasteiger partial charge in [-0.25, -0.2) is 0 Å². The fourth-order valence-corrected chi connectivity index (χ4v) is 3.36. The zero-order valence-electron chi connectivity index (χ0n) is 15.7. The third-order valence-corrected chi connectivity index (χ3v) is 4.80. The number of esters is 1. The molecular formula is C21H23ClN2O4. The summed E-state index contributed by atoms with van der Waals surface area (Å²) in [6, 6.07) is 12.7. The predicted molar refractivity (Wildman–Crippen MR) is 109 cm³/mol.